The smallest absolute Gasteiger partial charge is 0.237 e. The molecule has 0 bridgehead atoms. The van der Waals surface area contributed by atoms with Gasteiger partial charge in [-0.15, -0.1) is 10.2 Å². The van der Waals surface area contributed by atoms with E-state index < -0.39 is 0 Å². The molecule has 3 aromatic carbocycles. The fraction of sp³-hybridized carbons (Fsp3) is 0.148. The molecular formula is C27H25N5OS. The normalized spacial score (nSPS) is 12.1. The van der Waals surface area contributed by atoms with Crippen LogP contribution in [-0.2, 0) is 4.79 Å². The van der Waals surface area contributed by atoms with Crippen molar-refractivity contribution in [2.75, 3.05) is 5.32 Å². The van der Waals surface area contributed by atoms with Crippen LogP contribution in [0.15, 0.2) is 84.1 Å². The molecule has 2 aromatic heterocycles. The van der Waals surface area contributed by atoms with Crippen LogP contribution in [0.1, 0.15) is 18.1 Å². The largest absolute Gasteiger partial charge is 0.360 e. The lowest BCUT2D eigenvalue weighted by atomic mass is 10.1. The van der Waals surface area contributed by atoms with Gasteiger partial charge in [-0.25, -0.2) is 0 Å². The van der Waals surface area contributed by atoms with Crippen molar-refractivity contribution >= 4 is 34.3 Å². The van der Waals surface area contributed by atoms with E-state index in [-0.39, 0.29) is 11.2 Å². The van der Waals surface area contributed by atoms with Crippen LogP contribution in [0.4, 0.5) is 5.69 Å². The van der Waals surface area contributed by atoms with Gasteiger partial charge in [0, 0.05) is 28.4 Å². The predicted molar refractivity (Wildman–Crippen MR) is 139 cm³/mol. The van der Waals surface area contributed by atoms with Crippen LogP contribution >= 0.6 is 11.8 Å². The van der Waals surface area contributed by atoms with Gasteiger partial charge in [0.2, 0.25) is 5.91 Å². The number of aryl methyl sites for hydroxylation is 2. The first kappa shape index (κ1) is 22.0. The number of benzene rings is 3. The van der Waals surface area contributed by atoms with Crippen molar-refractivity contribution in [3.63, 3.8) is 0 Å². The number of H-pyrrole nitrogens is 1. The monoisotopic (exact) mass is 467 g/mol. The van der Waals surface area contributed by atoms with Crippen molar-refractivity contribution in [1.29, 1.82) is 0 Å². The first-order chi connectivity index (χ1) is 16.5. The van der Waals surface area contributed by atoms with E-state index in [1.165, 1.54) is 11.8 Å². The summed E-state index contributed by atoms with van der Waals surface area (Å²) < 4.78 is 2.05. The third kappa shape index (κ3) is 4.10. The van der Waals surface area contributed by atoms with Gasteiger partial charge in [0.25, 0.3) is 0 Å². The zero-order valence-electron chi connectivity index (χ0n) is 19.2. The van der Waals surface area contributed by atoms with Gasteiger partial charge in [0.15, 0.2) is 11.0 Å². The summed E-state index contributed by atoms with van der Waals surface area (Å²) in [6.45, 7) is 5.94. The average molecular weight is 468 g/mol. The molecule has 170 valence electrons. The molecule has 0 saturated heterocycles. The minimum absolute atomic E-state index is 0.0766. The highest BCUT2D eigenvalue weighted by atomic mass is 32.2. The van der Waals surface area contributed by atoms with E-state index in [0.717, 1.165) is 44.8 Å². The zero-order chi connectivity index (χ0) is 23.7. The van der Waals surface area contributed by atoms with Crippen LogP contribution in [0.2, 0.25) is 0 Å². The molecule has 0 aliphatic rings. The van der Waals surface area contributed by atoms with Crippen LogP contribution in [0.5, 0.6) is 0 Å². The summed E-state index contributed by atoms with van der Waals surface area (Å²) in [4.78, 5) is 16.3. The highest BCUT2D eigenvalue weighted by molar-refractivity contribution is 8.00. The Balaban J connectivity index is 1.53. The van der Waals surface area contributed by atoms with Gasteiger partial charge in [-0.2, -0.15) is 0 Å². The highest BCUT2D eigenvalue weighted by Crippen LogP contribution is 2.34. The number of rotatable bonds is 6. The lowest BCUT2D eigenvalue weighted by molar-refractivity contribution is -0.115. The van der Waals surface area contributed by atoms with E-state index in [9.17, 15) is 4.79 Å². The van der Waals surface area contributed by atoms with Crippen molar-refractivity contribution < 1.29 is 4.79 Å². The number of carbonyl (C=O) groups excluding carboxylic acids is 1. The molecule has 5 rings (SSSR count). The van der Waals surface area contributed by atoms with E-state index in [4.69, 9.17) is 0 Å². The van der Waals surface area contributed by atoms with Gasteiger partial charge >= 0.3 is 0 Å². The Bertz CT molecular complexity index is 1490. The average Bonchev–Trinajstić information content (AvgIpc) is 3.45. The van der Waals surface area contributed by atoms with E-state index in [2.05, 4.69) is 45.6 Å². The molecular weight excluding hydrogens is 442 g/mol. The van der Waals surface area contributed by atoms with E-state index >= 15 is 0 Å². The third-order valence-electron chi connectivity index (χ3n) is 5.87. The van der Waals surface area contributed by atoms with Gasteiger partial charge in [-0.05, 0) is 50.1 Å². The SMILES string of the molecule is Cc1ccccc1NC(=O)C(C)Sc1nnc(-c2c[nH]c3ccccc23)n1-c1ccccc1C. The summed E-state index contributed by atoms with van der Waals surface area (Å²) in [6.07, 6.45) is 1.96. The van der Waals surface area contributed by atoms with Gasteiger partial charge in [-0.3, -0.25) is 9.36 Å². The van der Waals surface area contributed by atoms with Crippen molar-refractivity contribution in [2.45, 2.75) is 31.2 Å². The molecule has 6 nitrogen and oxygen atoms in total. The Morgan fingerprint density at radius 2 is 1.65 bits per heavy atom. The molecule has 34 heavy (non-hydrogen) atoms. The van der Waals surface area contributed by atoms with Gasteiger partial charge in [0.1, 0.15) is 0 Å². The van der Waals surface area contributed by atoms with Gasteiger partial charge in [0.05, 0.1) is 10.9 Å². The number of thioether (sulfide) groups is 1. The maximum Gasteiger partial charge on any atom is 0.237 e. The second-order valence-corrected chi connectivity index (χ2v) is 9.55. The lowest BCUT2D eigenvalue weighted by Gasteiger charge is -2.16. The minimum Gasteiger partial charge on any atom is -0.360 e. The molecule has 0 spiro atoms. The predicted octanol–water partition coefficient (Wildman–Crippen LogP) is 6.15. The molecule has 0 fully saturated rings. The molecule has 2 N–H and O–H groups in total. The van der Waals surface area contributed by atoms with Crippen molar-refractivity contribution in [1.82, 2.24) is 19.7 Å². The molecule has 1 atom stereocenters. The summed E-state index contributed by atoms with van der Waals surface area (Å²) in [7, 11) is 0. The fourth-order valence-electron chi connectivity index (χ4n) is 3.97. The number of anilines is 1. The molecule has 7 heteroatoms. The lowest BCUT2D eigenvalue weighted by Crippen LogP contribution is -2.23. The number of carbonyl (C=O) groups is 1. The van der Waals surface area contributed by atoms with E-state index in [1.807, 2.05) is 79.2 Å². The summed E-state index contributed by atoms with van der Waals surface area (Å²) in [5, 5.41) is 13.5. The number of nitrogens with one attached hydrogen (secondary N) is 2. The van der Waals surface area contributed by atoms with Crippen LogP contribution < -0.4 is 5.32 Å². The summed E-state index contributed by atoms with van der Waals surface area (Å²) in [5.41, 5.74) is 5.94. The fourth-order valence-corrected chi connectivity index (χ4v) is 4.83. The number of hydrogen-bond acceptors (Lipinski definition) is 4. The summed E-state index contributed by atoms with van der Waals surface area (Å²) in [6, 6.07) is 24.0. The van der Waals surface area contributed by atoms with Crippen molar-refractivity contribution in [3.05, 3.63) is 90.1 Å². The number of aromatic nitrogens is 4. The zero-order valence-corrected chi connectivity index (χ0v) is 20.1. The quantitative estimate of drug-likeness (QED) is 0.294. The second-order valence-electron chi connectivity index (χ2n) is 8.24. The van der Waals surface area contributed by atoms with E-state index in [0.29, 0.717) is 5.16 Å². The van der Waals surface area contributed by atoms with Crippen molar-refractivity contribution in [2.24, 2.45) is 0 Å². The molecule has 0 aliphatic carbocycles. The van der Waals surface area contributed by atoms with Crippen LogP contribution in [0, 0.1) is 13.8 Å². The first-order valence-corrected chi connectivity index (χ1v) is 12.0. The Kier molecular flexibility index (Phi) is 5.94. The van der Waals surface area contributed by atoms with Crippen molar-refractivity contribution in [3.8, 4) is 17.1 Å². The maximum absolute atomic E-state index is 13.0. The molecule has 0 radical (unpaired) electrons. The highest BCUT2D eigenvalue weighted by Gasteiger charge is 2.24. The Morgan fingerprint density at radius 1 is 0.941 bits per heavy atom. The molecule has 1 unspecified atom stereocenters. The second kappa shape index (κ2) is 9.19. The standard InChI is InChI=1S/C27H25N5OS/c1-17-10-4-7-13-22(17)29-26(33)19(3)34-27-31-30-25(32(27)24-15-9-5-11-18(24)2)21-16-28-23-14-8-6-12-20(21)23/h4-16,19,28H,1-3H3,(H,29,33). The molecule has 0 saturated carbocycles. The number of nitrogens with zero attached hydrogens (tertiary/aromatic N) is 3. The number of para-hydroxylation sites is 3. The maximum atomic E-state index is 13.0. The topological polar surface area (TPSA) is 75.6 Å². The summed E-state index contributed by atoms with van der Waals surface area (Å²) in [5.74, 6) is 0.660. The van der Waals surface area contributed by atoms with Gasteiger partial charge in [-0.1, -0.05) is 66.4 Å². The minimum atomic E-state index is -0.373. The molecule has 1 amide bonds. The molecule has 5 aromatic rings. The number of amides is 1. The first-order valence-electron chi connectivity index (χ1n) is 11.1. The van der Waals surface area contributed by atoms with Crippen LogP contribution in [0.25, 0.3) is 28.0 Å². The molecule has 2 heterocycles. The van der Waals surface area contributed by atoms with E-state index in [1.54, 1.807) is 0 Å². The van der Waals surface area contributed by atoms with Crippen LogP contribution in [0.3, 0.4) is 0 Å². The Labute approximate surface area is 202 Å². The van der Waals surface area contributed by atoms with Gasteiger partial charge < -0.3 is 10.3 Å². The Morgan fingerprint density at radius 3 is 2.44 bits per heavy atom. The summed E-state index contributed by atoms with van der Waals surface area (Å²) >= 11 is 1.40. The number of aromatic amines is 1. The molecule has 0 aliphatic heterocycles. The Hall–Kier alpha value is -3.84. The van der Waals surface area contributed by atoms with Crippen LogP contribution in [-0.4, -0.2) is 30.9 Å². The number of fused-ring (bicyclic) bond motifs is 1. The number of hydrogen-bond donors (Lipinski definition) is 2. The third-order valence-corrected chi connectivity index (χ3v) is 6.92.